The molecular weight excluding hydrogens is 477 g/mol. The van der Waals surface area contributed by atoms with Gasteiger partial charge in [0.2, 0.25) is 6.10 Å². The summed E-state index contributed by atoms with van der Waals surface area (Å²) in [6, 6.07) is 9.91. The number of fused-ring (bicyclic) bond motifs is 1. The lowest BCUT2D eigenvalue weighted by atomic mass is 9.94. The van der Waals surface area contributed by atoms with Gasteiger partial charge in [-0.15, -0.1) is 0 Å². The van der Waals surface area contributed by atoms with Crippen LogP contribution in [0, 0.1) is 13.8 Å². The predicted octanol–water partition coefficient (Wildman–Crippen LogP) is 4.00. The van der Waals surface area contributed by atoms with E-state index in [1.54, 1.807) is 12.1 Å². The molecule has 36 heavy (non-hydrogen) atoms. The zero-order valence-electron chi connectivity index (χ0n) is 20.4. The number of ether oxygens (including phenoxy) is 3. The number of piperidine rings is 1. The highest BCUT2D eigenvalue weighted by Crippen LogP contribution is 2.38. The van der Waals surface area contributed by atoms with Crippen molar-refractivity contribution < 1.29 is 37.0 Å². The van der Waals surface area contributed by atoms with E-state index in [4.69, 9.17) is 9.47 Å². The van der Waals surface area contributed by atoms with Gasteiger partial charge in [-0.3, -0.25) is 4.90 Å². The molecule has 0 saturated carbocycles. The van der Waals surface area contributed by atoms with E-state index in [-0.39, 0.29) is 11.8 Å². The molecule has 2 aliphatic rings. The average molecular weight is 507 g/mol. The van der Waals surface area contributed by atoms with E-state index in [2.05, 4.69) is 47.0 Å². The topological polar surface area (TPSA) is 77.1 Å². The number of benzene rings is 2. The Morgan fingerprint density at radius 3 is 2.50 bits per heavy atom. The number of esters is 2. The molecule has 2 aromatic rings. The fraction of sp³-hybridized carbons (Fsp3) is 0.462. The first kappa shape index (κ1) is 26.0. The molecule has 1 fully saturated rings. The molecule has 194 valence electrons. The Bertz CT molecular complexity index is 1130. The van der Waals surface area contributed by atoms with Crippen LogP contribution in [0.5, 0.6) is 11.5 Å². The molecule has 10 heteroatoms. The van der Waals surface area contributed by atoms with Gasteiger partial charge in [0, 0.05) is 18.2 Å². The average Bonchev–Trinajstić information content (AvgIpc) is 2.83. The molecule has 0 spiro atoms. The minimum Gasteiger partial charge on any atom is -0.497 e. The van der Waals surface area contributed by atoms with Crippen molar-refractivity contribution >= 4 is 11.9 Å². The molecule has 2 atom stereocenters. The second kappa shape index (κ2) is 10.5. The van der Waals surface area contributed by atoms with E-state index < -0.39 is 30.3 Å². The quantitative estimate of drug-likeness (QED) is 0.469. The van der Waals surface area contributed by atoms with E-state index in [0.717, 1.165) is 19.6 Å². The minimum atomic E-state index is -5.24. The highest BCUT2D eigenvalue weighted by Gasteiger charge is 2.48. The fourth-order valence-corrected chi connectivity index (χ4v) is 4.71. The molecule has 2 heterocycles. The van der Waals surface area contributed by atoms with Crippen LogP contribution in [-0.2, 0) is 20.9 Å². The molecule has 2 unspecified atom stereocenters. The van der Waals surface area contributed by atoms with Gasteiger partial charge in [0.25, 0.3) is 0 Å². The maximum absolute atomic E-state index is 12.9. The summed E-state index contributed by atoms with van der Waals surface area (Å²) >= 11 is 0. The van der Waals surface area contributed by atoms with Crippen LogP contribution in [0.4, 0.5) is 13.2 Å². The highest BCUT2D eigenvalue weighted by atomic mass is 19.4. The Morgan fingerprint density at radius 1 is 1.14 bits per heavy atom. The van der Waals surface area contributed by atoms with Crippen molar-refractivity contribution in [1.29, 1.82) is 0 Å². The number of likely N-dealkylation sites (tertiary alicyclic amines) is 1. The van der Waals surface area contributed by atoms with Crippen LogP contribution in [0.1, 0.15) is 41.1 Å². The lowest BCUT2D eigenvalue weighted by molar-refractivity contribution is -0.209. The summed E-state index contributed by atoms with van der Waals surface area (Å²) < 4.78 is 53.9. The Hall–Kier alpha value is -3.11. The van der Waals surface area contributed by atoms with E-state index >= 15 is 0 Å². The molecular formula is C26H29F3N2O5. The van der Waals surface area contributed by atoms with Gasteiger partial charge < -0.3 is 19.5 Å². The molecule has 0 radical (unpaired) electrons. The second-order valence-electron chi connectivity index (χ2n) is 9.27. The minimum absolute atomic E-state index is 0.109. The number of methoxy groups -OCH3 is 1. The second-order valence-corrected chi connectivity index (χ2v) is 9.27. The SMILES string of the molecule is COc1ccc2c(c1)C(NC1CCN(Cc3ccc(C)cc3C)CC1)C(OC(=O)C(F)(F)F)C(=O)O2. The van der Waals surface area contributed by atoms with Gasteiger partial charge in [-0.2, -0.15) is 13.2 Å². The summed E-state index contributed by atoms with van der Waals surface area (Å²) in [6.07, 6.45) is -5.61. The monoisotopic (exact) mass is 506 g/mol. The first-order valence-corrected chi connectivity index (χ1v) is 11.8. The van der Waals surface area contributed by atoms with E-state index in [0.29, 0.717) is 24.2 Å². The van der Waals surface area contributed by atoms with Crippen molar-refractivity contribution in [3.63, 3.8) is 0 Å². The lowest BCUT2D eigenvalue weighted by Gasteiger charge is -2.38. The highest BCUT2D eigenvalue weighted by molar-refractivity contribution is 5.85. The third-order valence-electron chi connectivity index (χ3n) is 6.66. The van der Waals surface area contributed by atoms with E-state index in [1.165, 1.54) is 29.9 Å². The van der Waals surface area contributed by atoms with Gasteiger partial charge >= 0.3 is 18.1 Å². The van der Waals surface area contributed by atoms with Gasteiger partial charge in [0.05, 0.1) is 13.2 Å². The van der Waals surface area contributed by atoms with Crippen molar-refractivity contribution in [2.75, 3.05) is 20.2 Å². The molecule has 7 nitrogen and oxygen atoms in total. The zero-order valence-corrected chi connectivity index (χ0v) is 20.4. The molecule has 0 aromatic heterocycles. The van der Waals surface area contributed by atoms with E-state index in [1.807, 2.05) is 0 Å². The summed E-state index contributed by atoms with van der Waals surface area (Å²) in [6.45, 7) is 6.48. The van der Waals surface area contributed by atoms with Crippen molar-refractivity contribution in [1.82, 2.24) is 10.2 Å². The van der Waals surface area contributed by atoms with Crippen molar-refractivity contribution in [2.24, 2.45) is 0 Å². The van der Waals surface area contributed by atoms with E-state index in [9.17, 15) is 22.8 Å². The molecule has 0 aliphatic carbocycles. The predicted molar refractivity (Wildman–Crippen MR) is 125 cm³/mol. The van der Waals surface area contributed by atoms with Crippen LogP contribution < -0.4 is 14.8 Å². The Morgan fingerprint density at radius 2 is 1.86 bits per heavy atom. The molecule has 2 aromatic carbocycles. The molecule has 4 rings (SSSR count). The van der Waals surface area contributed by atoms with Crippen LogP contribution in [-0.4, -0.2) is 55.4 Å². The summed E-state index contributed by atoms with van der Waals surface area (Å²) in [7, 11) is 1.45. The third kappa shape index (κ3) is 5.82. The van der Waals surface area contributed by atoms with Gasteiger partial charge in [-0.05, 0) is 69.1 Å². The summed E-state index contributed by atoms with van der Waals surface area (Å²) in [5.41, 5.74) is 4.09. The summed E-state index contributed by atoms with van der Waals surface area (Å²) in [5.74, 6) is -2.88. The molecule has 1 saturated heterocycles. The Balaban J connectivity index is 1.49. The number of hydrogen-bond donors (Lipinski definition) is 1. The summed E-state index contributed by atoms with van der Waals surface area (Å²) in [5, 5.41) is 3.28. The van der Waals surface area contributed by atoms with Crippen LogP contribution in [0.3, 0.4) is 0 Å². The number of rotatable bonds is 6. The normalized spacial score (nSPS) is 21.0. The zero-order chi connectivity index (χ0) is 26.0. The van der Waals surface area contributed by atoms with Crippen LogP contribution in [0.15, 0.2) is 36.4 Å². The number of nitrogens with one attached hydrogen (secondary N) is 1. The largest absolute Gasteiger partial charge is 0.497 e. The molecule has 2 aliphatic heterocycles. The van der Waals surface area contributed by atoms with Gasteiger partial charge in [-0.25, -0.2) is 9.59 Å². The Labute approximate surface area is 207 Å². The van der Waals surface area contributed by atoms with Crippen LogP contribution in [0.2, 0.25) is 0 Å². The summed E-state index contributed by atoms with van der Waals surface area (Å²) in [4.78, 5) is 26.5. The number of carbonyl (C=O) groups excluding carboxylic acids is 2. The standard InChI is InChI=1S/C26H29F3N2O5/c1-15-4-5-17(16(2)12-15)14-31-10-8-18(9-11-31)30-22-20-13-19(34-3)6-7-21(20)35-24(32)23(22)36-25(33)26(27,28)29/h4-7,12-13,18,22-23,30H,8-11,14H2,1-3H3. The lowest BCUT2D eigenvalue weighted by Crippen LogP contribution is -2.51. The first-order chi connectivity index (χ1) is 17.0. The maximum atomic E-state index is 12.9. The number of alkyl halides is 3. The molecule has 0 bridgehead atoms. The number of halogens is 3. The van der Waals surface area contributed by atoms with Crippen molar-refractivity contribution in [2.45, 2.75) is 57.6 Å². The number of aryl methyl sites for hydroxylation is 2. The first-order valence-electron chi connectivity index (χ1n) is 11.8. The van der Waals surface area contributed by atoms with Crippen molar-refractivity contribution in [3.05, 3.63) is 58.7 Å². The van der Waals surface area contributed by atoms with Crippen LogP contribution in [0.25, 0.3) is 0 Å². The molecule has 0 amide bonds. The smallest absolute Gasteiger partial charge is 0.490 e. The van der Waals surface area contributed by atoms with Gasteiger partial charge in [0.1, 0.15) is 11.5 Å². The van der Waals surface area contributed by atoms with Crippen LogP contribution >= 0.6 is 0 Å². The Kier molecular flexibility index (Phi) is 7.56. The van der Waals surface area contributed by atoms with Gasteiger partial charge in [0.15, 0.2) is 0 Å². The van der Waals surface area contributed by atoms with Crippen molar-refractivity contribution in [3.8, 4) is 11.5 Å². The number of carbonyl (C=O) groups is 2. The third-order valence-corrected chi connectivity index (χ3v) is 6.66. The fourth-order valence-electron chi connectivity index (χ4n) is 4.71. The number of nitrogens with zero attached hydrogens (tertiary/aromatic N) is 1. The van der Waals surface area contributed by atoms with Gasteiger partial charge in [-0.1, -0.05) is 23.8 Å². The maximum Gasteiger partial charge on any atom is 0.490 e. The molecule has 1 N–H and O–H groups in total. The number of hydrogen-bond acceptors (Lipinski definition) is 7.